The molecule has 3 aromatic rings. The van der Waals surface area contributed by atoms with Gasteiger partial charge in [-0.2, -0.15) is 0 Å². The highest BCUT2D eigenvalue weighted by atomic mass is 35.5. The lowest BCUT2D eigenvalue weighted by Gasteiger charge is -2.24. The zero-order valence-electron chi connectivity index (χ0n) is 15.1. The van der Waals surface area contributed by atoms with Crippen LogP contribution in [-0.2, 0) is 14.6 Å². The molecule has 0 saturated heterocycles. The van der Waals surface area contributed by atoms with E-state index in [2.05, 4.69) is 5.32 Å². The molecule has 1 aliphatic heterocycles. The highest BCUT2D eigenvalue weighted by Crippen LogP contribution is 2.47. The fourth-order valence-corrected chi connectivity index (χ4v) is 6.52. The molecule has 0 spiro atoms. The number of nitrogens with one attached hydrogen (secondary N) is 1. The fourth-order valence-electron chi connectivity index (χ4n) is 3.32. The van der Waals surface area contributed by atoms with Crippen LogP contribution < -0.4 is 10.1 Å². The van der Waals surface area contributed by atoms with E-state index in [1.54, 1.807) is 12.1 Å². The maximum absolute atomic E-state index is 13.4. The summed E-state index contributed by atoms with van der Waals surface area (Å²) in [6.07, 6.45) is 0.0981. The molecule has 9 heteroatoms. The Kier molecular flexibility index (Phi) is 5.10. The fraction of sp³-hybridized carbons (Fsp3) is 0.150. The van der Waals surface area contributed by atoms with Gasteiger partial charge in [-0.1, -0.05) is 17.7 Å². The van der Waals surface area contributed by atoms with Crippen molar-refractivity contribution in [2.75, 3.05) is 12.4 Å². The van der Waals surface area contributed by atoms with Crippen LogP contribution in [0.25, 0.3) is 0 Å². The number of sulfone groups is 1. The van der Waals surface area contributed by atoms with Gasteiger partial charge in [-0.3, -0.25) is 4.79 Å². The number of rotatable bonds is 4. The van der Waals surface area contributed by atoms with Gasteiger partial charge in [0.25, 0.3) is 0 Å². The summed E-state index contributed by atoms with van der Waals surface area (Å²) in [5.74, 6) is -0.715. The molecule has 5 nitrogen and oxygen atoms in total. The number of benzene rings is 2. The molecule has 1 amide bonds. The smallest absolute Gasteiger partial charge is 0.225 e. The van der Waals surface area contributed by atoms with Gasteiger partial charge in [-0.15, -0.1) is 11.3 Å². The number of hydrogen-bond donors (Lipinski definition) is 1. The van der Waals surface area contributed by atoms with Gasteiger partial charge in [-0.25, -0.2) is 12.8 Å². The molecule has 1 N–H and O–H groups in total. The number of halogens is 2. The van der Waals surface area contributed by atoms with Crippen LogP contribution in [0.15, 0.2) is 57.6 Å². The molecule has 150 valence electrons. The van der Waals surface area contributed by atoms with E-state index in [4.69, 9.17) is 16.3 Å². The van der Waals surface area contributed by atoms with Gasteiger partial charge in [0.15, 0.2) is 0 Å². The lowest BCUT2D eigenvalue weighted by Crippen LogP contribution is -2.23. The molecule has 1 unspecified atom stereocenters. The van der Waals surface area contributed by atoms with Crippen molar-refractivity contribution in [2.24, 2.45) is 0 Å². The summed E-state index contributed by atoms with van der Waals surface area (Å²) in [6, 6.07) is 10.0. The Bertz CT molecular complexity index is 1210. The van der Waals surface area contributed by atoms with Gasteiger partial charge in [-0.05, 0) is 42.0 Å². The Morgan fingerprint density at radius 3 is 2.59 bits per heavy atom. The summed E-state index contributed by atoms with van der Waals surface area (Å²) in [5, 5.41) is 4.40. The van der Waals surface area contributed by atoms with E-state index in [1.807, 2.05) is 0 Å². The van der Waals surface area contributed by atoms with Crippen LogP contribution in [0, 0.1) is 5.82 Å². The largest absolute Gasteiger partial charge is 0.497 e. The molecule has 0 fully saturated rings. The minimum atomic E-state index is -3.86. The maximum Gasteiger partial charge on any atom is 0.225 e. The zero-order chi connectivity index (χ0) is 20.8. The highest BCUT2D eigenvalue weighted by molar-refractivity contribution is 7.91. The van der Waals surface area contributed by atoms with Crippen molar-refractivity contribution in [3.8, 4) is 5.75 Å². The molecule has 4 rings (SSSR count). The lowest BCUT2D eigenvalue weighted by molar-refractivity contribution is -0.116. The van der Waals surface area contributed by atoms with Gasteiger partial charge in [0.05, 0.1) is 17.7 Å². The van der Waals surface area contributed by atoms with Crippen LogP contribution in [0.2, 0.25) is 5.02 Å². The van der Waals surface area contributed by atoms with E-state index in [9.17, 15) is 17.6 Å². The molecule has 2 aromatic carbocycles. The number of ether oxygens (including phenoxy) is 1. The summed E-state index contributed by atoms with van der Waals surface area (Å²) in [7, 11) is -2.37. The average molecular weight is 452 g/mol. The van der Waals surface area contributed by atoms with E-state index in [0.29, 0.717) is 16.2 Å². The number of thiophene rings is 1. The zero-order valence-corrected chi connectivity index (χ0v) is 17.5. The third-order valence-electron chi connectivity index (χ3n) is 4.75. The molecule has 2 heterocycles. The first kappa shape index (κ1) is 19.9. The number of carbonyl (C=O) groups is 1. The second-order valence-electron chi connectivity index (χ2n) is 6.49. The molecular weight excluding hydrogens is 437 g/mol. The maximum atomic E-state index is 13.4. The molecule has 0 bridgehead atoms. The number of fused-ring (bicyclic) bond motifs is 1. The Hall–Kier alpha value is -2.42. The summed E-state index contributed by atoms with van der Waals surface area (Å²) >= 11 is 7.43. The van der Waals surface area contributed by atoms with Crippen molar-refractivity contribution in [1.29, 1.82) is 0 Å². The predicted octanol–water partition coefficient (Wildman–Crippen LogP) is 4.86. The van der Waals surface area contributed by atoms with Gasteiger partial charge < -0.3 is 10.1 Å². The second-order valence-corrected chi connectivity index (χ2v) is 9.73. The van der Waals surface area contributed by atoms with Crippen LogP contribution in [0.1, 0.15) is 22.8 Å². The van der Waals surface area contributed by atoms with Gasteiger partial charge in [0, 0.05) is 27.6 Å². The Balaban J connectivity index is 1.81. The predicted molar refractivity (Wildman–Crippen MR) is 109 cm³/mol. The van der Waals surface area contributed by atoms with Crippen LogP contribution in [-0.4, -0.2) is 21.4 Å². The molecule has 0 radical (unpaired) electrons. The van der Waals surface area contributed by atoms with E-state index in [-0.39, 0.29) is 32.8 Å². The minimum Gasteiger partial charge on any atom is -0.497 e. The first-order valence-corrected chi connectivity index (χ1v) is 11.3. The van der Waals surface area contributed by atoms with Crippen LogP contribution in [0.3, 0.4) is 0 Å². The van der Waals surface area contributed by atoms with Gasteiger partial charge in [0.1, 0.15) is 16.5 Å². The number of methoxy groups -OCH3 is 1. The van der Waals surface area contributed by atoms with E-state index in [0.717, 1.165) is 0 Å². The first-order chi connectivity index (χ1) is 13.8. The van der Waals surface area contributed by atoms with E-state index >= 15 is 0 Å². The second kappa shape index (κ2) is 7.44. The monoisotopic (exact) mass is 451 g/mol. The standard InChI is InChI=1S/C20H15ClFNO4S2/c1-27-12-3-5-13(6-4-12)29(25,26)17-10-28-20-15(9-18(24)23-19(17)20)14-7-2-11(22)8-16(14)21/h2-8,10,15H,9H2,1H3,(H,23,24). The summed E-state index contributed by atoms with van der Waals surface area (Å²) in [6.45, 7) is 0. The Morgan fingerprint density at radius 2 is 1.93 bits per heavy atom. The number of amides is 1. The van der Waals surface area contributed by atoms with Crippen molar-refractivity contribution < 1.29 is 22.3 Å². The molecule has 1 aromatic heterocycles. The van der Waals surface area contributed by atoms with Crippen LogP contribution in [0.5, 0.6) is 5.75 Å². The Labute approximate surface area is 176 Å². The van der Waals surface area contributed by atoms with E-state index < -0.39 is 21.6 Å². The highest BCUT2D eigenvalue weighted by Gasteiger charge is 2.35. The number of carbonyl (C=O) groups excluding carboxylic acids is 1. The molecule has 0 saturated carbocycles. The first-order valence-electron chi connectivity index (χ1n) is 8.56. The van der Waals surface area contributed by atoms with Crippen LogP contribution in [0.4, 0.5) is 10.1 Å². The van der Waals surface area contributed by atoms with Gasteiger partial charge in [0.2, 0.25) is 15.7 Å². The van der Waals surface area contributed by atoms with Crippen LogP contribution >= 0.6 is 22.9 Å². The molecule has 1 aliphatic rings. The van der Waals surface area contributed by atoms with E-state index in [1.165, 1.54) is 54.2 Å². The third kappa shape index (κ3) is 3.52. The Morgan fingerprint density at radius 1 is 1.21 bits per heavy atom. The topological polar surface area (TPSA) is 72.5 Å². The van der Waals surface area contributed by atoms with Crippen molar-refractivity contribution in [2.45, 2.75) is 22.1 Å². The normalized spacial score (nSPS) is 16.2. The van der Waals surface area contributed by atoms with Gasteiger partial charge >= 0.3 is 0 Å². The molecule has 0 aliphatic carbocycles. The summed E-state index contributed by atoms with van der Waals surface area (Å²) in [4.78, 5) is 13.1. The molecular formula is C20H15ClFNO4S2. The summed E-state index contributed by atoms with van der Waals surface area (Å²) in [5.41, 5.74) is 0.840. The lowest BCUT2D eigenvalue weighted by atomic mass is 9.90. The third-order valence-corrected chi connectivity index (χ3v) is 8.12. The SMILES string of the molecule is COc1ccc(S(=O)(=O)c2csc3c2NC(=O)CC3c2ccc(F)cc2Cl)cc1. The number of anilines is 1. The average Bonchev–Trinajstić information content (AvgIpc) is 3.12. The quantitative estimate of drug-likeness (QED) is 0.615. The van der Waals surface area contributed by atoms with Crippen molar-refractivity contribution >= 4 is 44.4 Å². The van der Waals surface area contributed by atoms with Crippen molar-refractivity contribution in [3.05, 3.63) is 69.1 Å². The molecule has 1 atom stereocenters. The number of hydrogen-bond acceptors (Lipinski definition) is 5. The molecule has 29 heavy (non-hydrogen) atoms. The van der Waals surface area contributed by atoms with Crippen molar-refractivity contribution in [1.82, 2.24) is 0 Å². The van der Waals surface area contributed by atoms with Crippen molar-refractivity contribution in [3.63, 3.8) is 0 Å². The summed E-state index contributed by atoms with van der Waals surface area (Å²) < 4.78 is 44.8. The minimum absolute atomic E-state index is 0.0268.